The van der Waals surface area contributed by atoms with Crippen molar-refractivity contribution in [3.63, 3.8) is 0 Å². The molecule has 3 saturated carbocycles. The number of aliphatic hydroxyl groups is 1. The van der Waals surface area contributed by atoms with Crippen molar-refractivity contribution in [3.8, 4) is 0 Å². The lowest BCUT2D eigenvalue weighted by Gasteiger charge is -2.60. The average Bonchev–Trinajstić information content (AvgIpc) is 2.27. The highest BCUT2D eigenvalue weighted by Gasteiger charge is 2.53. The van der Waals surface area contributed by atoms with Gasteiger partial charge in [0, 0.05) is 0 Å². The van der Waals surface area contributed by atoms with Crippen LogP contribution in [0.2, 0.25) is 0 Å². The maximum atomic E-state index is 9.81. The Morgan fingerprint density at radius 3 is 2.56 bits per heavy atom. The van der Waals surface area contributed by atoms with Gasteiger partial charge in [0.1, 0.15) is 0 Å². The topological polar surface area (TPSA) is 20.2 Å². The number of rotatable bonds is 5. The van der Waals surface area contributed by atoms with Crippen molar-refractivity contribution in [3.05, 3.63) is 0 Å². The van der Waals surface area contributed by atoms with E-state index in [1.807, 2.05) is 0 Å². The standard InChI is InChI=1S/C15H28O/c1-4-5-13(16)9-7-11-6-8-12-10-14(11)15(12,2)3/h11-14,16H,4-10H2,1-3H3/t11-,12+,13+,14-/m1/s1. The summed E-state index contributed by atoms with van der Waals surface area (Å²) in [5.41, 5.74) is 0.610. The second kappa shape index (κ2) is 4.68. The molecule has 1 nitrogen and oxygen atoms in total. The van der Waals surface area contributed by atoms with Gasteiger partial charge in [0.25, 0.3) is 0 Å². The minimum Gasteiger partial charge on any atom is -0.393 e. The first-order valence-corrected chi connectivity index (χ1v) is 7.23. The van der Waals surface area contributed by atoms with Gasteiger partial charge < -0.3 is 5.11 Å². The molecule has 1 N–H and O–H groups in total. The molecule has 0 amide bonds. The van der Waals surface area contributed by atoms with Gasteiger partial charge in [0.15, 0.2) is 0 Å². The van der Waals surface area contributed by atoms with Crippen LogP contribution in [0.15, 0.2) is 0 Å². The van der Waals surface area contributed by atoms with Crippen LogP contribution in [0.3, 0.4) is 0 Å². The van der Waals surface area contributed by atoms with Crippen molar-refractivity contribution < 1.29 is 5.11 Å². The molecular weight excluding hydrogens is 196 g/mol. The maximum Gasteiger partial charge on any atom is 0.0540 e. The van der Waals surface area contributed by atoms with Crippen LogP contribution in [0.25, 0.3) is 0 Å². The molecule has 0 aromatic carbocycles. The molecular formula is C15H28O. The Bertz CT molecular complexity index is 232. The number of hydrogen-bond donors (Lipinski definition) is 1. The molecule has 16 heavy (non-hydrogen) atoms. The summed E-state index contributed by atoms with van der Waals surface area (Å²) < 4.78 is 0. The molecule has 0 aromatic heterocycles. The van der Waals surface area contributed by atoms with Gasteiger partial charge >= 0.3 is 0 Å². The molecule has 0 aromatic rings. The Hall–Kier alpha value is -0.0400. The highest BCUT2D eigenvalue weighted by Crippen LogP contribution is 2.62. The molecule has 0 heterocycles. The molecule has 0 spiro atoms. The van der Waals surface area contributed by atoms with Crippen LogP contribution in [0.1, 0.15) is 65.7 Å². The van der Waals surface area contributed by atoms with E-state index in [0.717, 1.165) is 37.0 Å². The number of hydrogen-bond acceptors (Lipinski definition) is 1. The normalized spacial score (nSPS) is 37.9. The molecule has 0 saturated heterocycles. The molecule has 2 bridgehead atoms. The lowest BCUT2D eigenvalue weighted by molar-refractivity contribution is -0.109. The van der Waals surface area contributed by atoms with Crippen molar-refractivity contribution in [2.45, 2.75) is 71.8 Å². The van der Waals surface area contributed by atoms with Gasteiger partial charge in [-0.1, -0.05) is 27.2 Å². The van der Waals surface area contributed by atoms with Crippen LogP contribution >= 0.6 is 0 Å². The SMILES string of the molecule is CCC[C@H](O)CC[C@H]1CC[C@H]2C[C@H]1C2(C)C. The molecule has 4 atom stereocenters. The third kappa shape index (κ3) is 2.16. The van der Waals surface area contributed by atoms with Crippen LogP contribution in [0.4, 0.5) is 0 Å². The van der Waals surface area contributed by atoms with Crippen molar-refractivity contribution in [2.75, 3.05) is 0 Å². The van der Waals surface area contributed by atoms with Crippen molar-refractivity contribution in [2.24, 2.45) is 23.2 Å². The second-order valence-corrected chi connectivity index (χ2v) is 6.72. The Morgan fingerprint density at radius 1 is 1.25 bits per heavy atom. The lowest BCUT2D eigenvalue weighted by atomic mass is 9.45. The Balaban J connectivity index is 1.78. The molecule has 0 unspecified atom stereocenters. The fourth-order valence-electron chi connectivity index (χ4n) is 4.19. The largest absolute Gasteiger partial charge is 0.393 e. The molecule has 94 valence electrons. The monoisotopic (exact) mass is 224 g/mol. The van der Waals surface area contributed by atoms with Gasteiger partial charge in [-0.15, -0.1) is 0 Å². The third-order valence-electron chi connectivity index (χ3n) is 5.49. The van der Waals surface area contributed by atoms with E-state index in [9.17, 15) is 5.11 Å². The summed E-state index contributed by atoms with van der Waals surface area (Å²) in [4.78, 5) is 0. The summed E-state index contributed by atoms with van der Waals surface area (Å²) in [5, 5.41) is 9.81. The quantitative estimate of drug-likeness (QED) is 0.748. The number of fused-ring (bicyclic) bond motifs is 2. The summed E-state index contributed by atoms with van der Waals surface area (Å²) in [6.45, 7) is 7.07. The molecule has 3 aliphatic rings. The van der Waals surface area contributed by atoms with E-state index in [1.54, 1.807) is 0 Å². The zero-order chi connectivity index (χ0) is 11.8. The summed E-state index contributed by atoms with van der Waals surface area (Å²) in [7, 11) is 0. The molecule has 1 heteroatoms. The summed E-state index contributed by atoms with van der Waals surface area (Å²) in [6.07, 6.45) is 8.71. The molecule has 0 aliphatic heterocycles. The Morgan fingerprint density at radius 2 is 2.00 bits per heavy atom. The van der Waals surface area contributed by atoms with Gasteiger partial charge in [0.05, 0.1) is 6.10 Å². The van der Waals surface area contributed by atoms with E-state index in [1.165, 1.54) is 25.7 Å². The first-order chi connectivity index (χ1) is 7.55. The van der Waals surface area contributed by atoms with E-state index >= 15 is 0 Å². The van der Waals surface area contributed by atoms with E-state index in [0.29, 0.717) is 5.41 Å². The lowest BCUT2D eigenvalue weighted by Crippen LogP contribution is -2.52. The predicted molar refractivity (Wildman–Crippen MR) is 68.3 cm³/mol. The molecule has 0 radical (unpaired) electrons. The third-order valence-corrected chi connectivity index (χ3v) is 5.49. The van der Waals surface area contributed by atoms with Crippen LogP contribution in [0, 0.1) is 23.2 Å². The van der Waals surface area contributed by atoms with Crippen LogP contribution in [-0.4, -0.2) is 11.2 Å². The summed E-state index contributed by atoms with van der Waals surface area (Å²) >= 11 is 0. The Kier molecular flexibility index (Phi) is 3.63. The fraction of sp³-hybridized carbons (Fsp3) is 1.00. The average molecular weight is 224 g/mol. The first kappa shape index (κ1) is 12.4. The minimum atomic E-state index is -0.0362. The van der Waals surface area contributed by atoms with Gasteiger partial charge in [-0.3, -0.25) is 0 Å². The molecule has 3 fully saturated rings. The van der Waals surface area contributed by atoms with Crippen LogP contribution < -0.4 is 0 Å². The highest BCUT2D eigenvalue weighted by molar-refractivity contribution is 5.03. The van der Waals surface area contributed by atoms with E-state index in [-0.39, 0.29) is 6.10 Å². The van der Waals surface area contributed by atoms with E-state index < -0.39 is 0 Å². The van der Waals surface area contributed by atoms with Gasteiger partial charge in [0.2, 0.25) is 0 Å². The van der Waals surface area contributed by atoms with Crippen LogP contribution in [-0.2, 0) is 0 Å². The Labute approximate surface area is 101 Å². The molecule has 3 rings (SSSR count). The summed E-state index contributed by atoms with van der Waals surface area (Å²) in [6, 6.07) is 0. The smallest absolute Gasteiger partial charge is 0.0540 e. The van der Waals surface area contributed by atoms with Gasteiger partial charge in [-0.05, 0) is 61.7 Å². The second-order valence-electron chi connectivity index (χ2n) is 6.72. The van der Waals surface area contributed by atoms with Crippen molar-refractivity contribution >= 4 is 0 Å². The number of aliphatic hydroxyl groups excluding tert-OH is 1. The zero-order valence-electron chi connectivity index (χ0n) is 11.2. The maximum absolute atomic E-state index is 9.81. The highest BCUT2D eigenvalue weighted by atomic mass is 16.3. The summed E-state index contributed by atoms with van der Waals surface area (Å²) in [5.74, 6) is 2.88. The van der Waals surface area contributed by atoms with Gasteiger partial charge in [-0.2, -0.15) is 0 Å². The predicted octanol–water partition coefficient (Wildman–Crippen LogP) is 4.00. The first-order valence-electron chi connectivity index (χ1n) is 7.23. The van der Waals surface area contributed by atoms with Crippen molar-refractivity contribution in [1.29, 1.82) is 0 Å². The van der Waals surface area contributed by atoms with Gasteiger partial charge in [-0.25, -0.2) is 0 Å². The van der Waals surface area contributed by atoms with Crippen LogP contribution in [0.5, 0.6) is 0 Å². The molecule has 3 aliphatic carbocycles. The minimum absolute atomic E-state index is 0.0362. The van der Waals surface area contributed by atoms with Crippen molar-refractivity contribution in [1.82, 2.24) is 0 Å². The van der Waals surface area contributed by atoms with E-state index in [2.05, 4.69) is 20.8 Å². The zero-order valence-corrected chi connectivity index (χ0v) is 11.2. The fourth-order valence-corrected chi connectivity index (χ4v) is 4.19. The van der Waals surface area contributed by atoms with E-state index in [4.69, 9.17) is 0 Å².